The van der Waals surface area contributed by atoms with Crippen LogP contribution in [-0.2, 0) is 5.41 Å². The van der Waals surface area contributed by atoms with E-state index in [1.165, 1.54) is 0 Å². The van der Waals surface area contributed by atoms with Gasteiger partial charge in [0, 0.05) is 25.1 Å². The minimum atomic E-state index is -0.0607. The zero-order valence-corrected chi connectivity index (χ0v) is 13.6. The number of hydrogen-bond donors (Lipinski definition) is 1. The zero-order chi connectivity index (χ0) is 15.3. The fourth-order valence-corrected chi connectivity index (χ4v) is 2.23. The van der Waals surface area contributed by atoms with Crippen molar-refractivity contribution in [2.45, 2.75) is 39.5 Å². The number of rotatable bonds is 5. The van der Waals surface area contributed by atoms with Crippen molar-refractivity contribution in [3.63, 3.8) is 0 Å². The van der Waals surface area contributed by atoms with Gasteiger partial charge in [0.1, 0.15) is 0 Å². The van der Waals surface area contributed by atoms with Gasteiger partial charge in [-0.3, -0.25) is 4.79 Å². The van der Waals surface area contributed by atoms with E-state index in [2.05, 4.69) is 20.8 Å². The maximum Gasteiger partial charge on any atom is 0.254 e. The van der Waals surface area contributed by atoms with Crippen molar-refractivity contribution < 1.29 is 4.79 Å². The maximum absolute atomic E-state index is 12.7. The lowest BCUT2D eigenvalue weighted by atomic mass is 9.83. The van der Waals surface area contributed by atoms with Gasteiger partial charge in [0.05, 0.1) is 4.99 Å². The molecule has 0 radical (unpaired) electrons. The highest BCUT2D eigenvalue weighted by molar-refractivity contribution is 7.80. The molecular formula is C16H24N2OS. The smallest absolute Gasteiger partial charge is 0.254 e. The Balaban J connectivity index is 3.04. The van der Waals surface area contributed by atoms with Crippen molar-refractivity contribution in [2.75, 3.05) is 13.1 Å². The second kappa shape index (κ2) is 6.84. The van der Waals surface area contributed by atoms with Crippen LogP contribution in [-0.4, -0.2) is 28.9 Å². The zero-order valence-electron chi connectivity index (χ0n) is 12.8. The molecule has 0 atom stereocenters. The molecular weight excluding hydrogens is 268 g/mol. The van der Waals surface area contributed by atoms with E-state index in [9.17, 15) is 4.79 Å². The Bertz CT molecular complexity index is 491. The Morgan fingerprint density at radius 3 is 2.40 bits per heavy atom. The maximum atomic E-state index is 12.7. The van der Waals surface area contributed by atoms with Gasteiger partial charge in [0.2, 0.25) is 0 Å². The minimum Gasteiger partial charge on any atom is -0.393 e. The Labute approximate surface area is 127 Å². The first-order valence-electron chi connectivity index (χ1n) is 6.94. The van der Waals surface area contributed by atoms with Gasteiger partial charge < -0.3 is 10.6 Å². The first kappa shape index (κ1) is 16.6. The molecule has 0 bridgehead atoms. The van der Waals surface area contributed by atoms with Gasteiger partial charge >= 0.3 is 0 Å². The SMILES string of the molecule is CCN(CCC(N)=S)C(=O)c1ccccc1C(C)(C)C. The highest BCUT2D eigenvalue weighted by atomic mass is 32.1. The van der Waals surface area contributed by atoms with Crippen molar-refractivity contribution in [3.8, 4) is 0 Å². The summed E-state index contributed by atoms with van der Waals surface area (Å²) in [4.78, 5) is 14.9. The molecule has 1 aromatic rings. The van der Waals surface area contributed by atoms with E-state index in [1.807, 2.05) is 31.2 Å². The van der Waals surface area contributed by atoms with Crippen LogP contribution in [0.15, 0.2) is 24.3 Å². The molecule has 1 rings (SSSR count). The molecule has 20 heavy (non-hydrogen) atoms. The monoisotopic (exact) mass is 292 g/mol. The van der Waals surface area contributed by atoms with Gasteiger partial charge in [-0.25, -0.2) is 0 Å². The van der Waals surface area contributed by atoms with Crippen LogP contribution in [0.1, 0.15) is 50.0 Å². The van der Waals surface area contributed by atoms with Gasteiger partial charge in [-0.1, -0.05) is 51.2 Å². The molecule has 0 fully saturated rings. The Morgan fingerprint density at radius 2 is 1.90 bits per heavy atom. The van der Waals surface area contributed by atoms with Crippen LogP contribution in [0.4, 0.5) is 0 Å². The predicted molar refractivity (Wildman–Crippen MR) is 88.1 cm³/mol. The molecule has 0 heterocycles. The number of carbonyl (C=O) groups is 1. The first-order valence-corrected chi connectivity index (χ1v) is 7.35. The van der Waals surface area contributed by atoms with E-state index in [-0.39, 0.29) is 11.3 Å². The molecule has 1 aromatic carbocycles. The van der Waals surface area contributed by atoms with Gasteiger partial charge in [-0.05, 0) is 24.0 Å². The lowest BCUT2D eigenvalue weighted by molar-refractivity contribution is 0.0766. The molecule has 0 unspecified atom stereocenters. The largest absolute Gasteiger partial charge is 0.393 e. The van der Waals surface area contributed by atoms with Gasteiger partial charge in [0.25, 0.3) is 5.91 Å². The van der Waals surface area contributed by atoms with E-state index in [1.54, 1.807) is 4.90 Å². The molecule has 3 nitrogen and oxygen atoms in total. The second-order valence-corrected chi connectivity index (χ2v) is 6.42. The predicted octanol–water partition coefficient (Wildman–Crippen LogP) is 3.12. The summed E-state index contributed by atoms with van der Waals surface area (Å²) in [6, 6.07) is 7.80. The summed E-state index contributed by atoms with van der Waals surface area (Å²) in [5.41, 5.74) is 7.30. The molecule has 0 saturated heterocycles. The van der Waals surface area contributed by atoms with Crippen molar-refractivity contribution >= 4 is 23.1 Å². The molecule has 0 aliphatic carbocycles. The molecule has 0 aliphatic rings. The molecule has 0 saturated carbocycles. The first-order chi connectivity index (χ1) is 9.27. The van der Waals surface area contributed by atoms with E-state index >= 15 is 0 Å². The van der Waals surface area contributed by atoms with Crippen LogP contribution in [0.5, 0.6) is 0 Å². The van der Waals surface area contributed by atoms with Crippen molar-refractivity contribution in [1.82, 2.24) is 4.90 Å². The topological polar surface area (TPSA) is 46.3 Å². The number of amides is 1. The number of carbonyl (C=O) groups excluding carboxylic acids is 1. The molecule has 2 N–H and O–H groups in total. The van der Waals surface area contributed by atoms with Crippen molar-refractivity contribution in [2.24, 2.45) is 5.73 Å². The second-order valence-electron chi connectivity index (χ2n) is 5.90. The summed E-state index contributed by atoms with van der Waals surface area (Å²) < 4.78 is 0. The van der Waals surface area contributed by atoms with Crippen molar-refractivity contribution in [3.05, 3.63) is 35.4 Å². The van der Waals surface area contributed by atoms with E-state index in [0.717, 1.165) is 11.1 Å². The molecule has 0 spiro atoms. The summed E-state index contributed by atoms with van der Waals surface area (Å²) in [5.74, 6) is 0.0503. The number of thiocarbonyl (C=S) groups is 1. The molecule has 110 valence electrons. The Morgan fingerprint density at radius 1 is 1.30 bits per heavy atom. The summed E-state index contributed by atoms with van der Waals surface area (Å²) in [5, 5.41) is 0. The third-order valence-electron chi connectivity index (χ3n) is 3.26. The van der Waals surface area contributed by atoms with Crippen LogP contribution in [0.2, 0.25) is 0 Å². The fourth-order valence-electron chi connectivity index (χ4n) is 2.14. The van der Waals surface area contributed by atoms with E-state index < -0.39 is 0 Å². The van der Waals surface area contributed by atoms with Crippen LogP contribution < -0.4 is 5.73 Å². The number of benzene rings is 1. The lowest BCUT2D eigenvalue weighted by Gasteiger charge is -2.26. The number of nitrogens with two attached hydrogens (primary N) is 1. The summed E-state index contributed by atoms with van der Waals surface area (Å²) in [7, 11) is 0. The van der Waals surface area contributed by atoms with Crippen molar-refractivity contribution in [1.29, 1.82) is 0 Å². The Hall–Kier alpha value is -1.42. The number of nitrogens with zero attached hydrogens (tertiary/aromatic N) is 1. The summed E-state index contributed by atoms with van der Waals surface area (Å²) in [6.07, 6.45) is 0.562. The molecule has 1 amide bonds. The average Bonchev–Trinajstić information content (AvgIpc) is 2.38. The third-order valence-corrected chi connectivity index (χ3v) is 3.47. The van der Waals surface area contributed by atoms with Gasteiger partial charge in [-0.15, -0.1) is 0 Å². The number of hydrogen-bond acceptors (Lipinski definition) is 2. The molecule has 4 heteroatoms. The fraction of sp³-hybridized carbons (Fsp3) is 0.500. The minimum absolute atomic E-state index is 0.0503. The lowest BCUT2D eigenvalue weighted by Crippen LogP contribution is -2.35. The molecule has 0 aliphatic heterocycles. The Kier molecular flexibility index (Phi) is 5.69. The van der Waals surface area contributed by atoms with Crippen LogP contribution in [0, 0.1) is 0 Å². The normalized spacial score (nSPS) is 11.2. The average molecular weight is 292 g/mol. The van der Waals surface area contributed by atoms with Crippen LogP contribution >= 0.6 is 12.2 Å². The van der Waals surface area contributed by atoms with E-state index in [4.69, 9.17) is 18.0 Å². The highest BCUT2D eigenvalue weighted by Crippen LogP contribution is 2.26. The standard InChI is InChI=1S/C16H24N2OS/c1-5-18(11-10-14(17)20)15(19)12-8-6-7-9-13(12)16(2,3)4/h6-9H,5,10-11H2,1-4H3,(H2,17,20). The third kappa shape index (κ3) is 4.30. The summed E-state index contributed by atoms with van der Waals surface area (Å²) >= 11 is 4.89. The van der Waals surface area contributed by atoms with E-state index in [0.29, 0.717) is 24.5 Å². The highest BCUT2D eigenvalue weighted by Gasteiger charge is 2.23. The van der Waals surface area contributed by atoms with Gasteiger partial charge in [0.15, 0.2) is 0 Å². The quantitative estimate of drug-likeness (QED) is 0.848. The van der Waals surface area contributed by atoms with Crippen LogP contribution in [0.25, 0.3) is 0 Å². The van der Waals surface area contributed by atoms with Crippen LogP contribution in [0.3, 0.4) is 0 Å². The van der Waals surface area contributed by atoms with Gasteiger partial charge in [-0.2, -0.15) is 0 Å². The summed E-state index contributed by atoms with van der Waals surface area (Å²) in [6.45, 7) is 9.54. The molecule has 0 aromatic heterocycles.